The van der Waals surface area contributed by atoms with Gasteiger partial charge < -0.3 is 10.6 Å². The molecule has 0 bridgehead atoms. The molecule has 1 aromatic carbocycles. The molecule has 1 heterocycles. The molecule has 2 heteroatoms. The van der Waals surface area contributed by atoms with E-state index in [0.29, 0.717) is 6.04 Å². The first-order chi connectivity index (χ1) is 6.18. The van der Waals surface area contributed by atoms with Gasteiger partial charge >= 0.3 is 0 Å². The van der Waals surface area contributed by atoms with Gasteiger partial charge in [0.2, 0.25) is 0 Å². The zero-order valence-electron chi connectivity index (χ0n) is 8.25. The SMILES string of the molecule is Cc1ccc(N2CCC2C)cc1N. The van der Waals surface area contributed by atoms with Crippen LogP contribution in [-0.2, 0) is 0 Å². The van der Waals surface area contributed by atoms with E-state index < -0.39 is 0 Å². The Morgan fingerprint density at radius 3 is 2.69 bits per heavy atom. The smallest absolute Gasteiger partial charge is 0.0389 e. The molecule has 2 N–H and O–H groups in total. The summed E-state index contributed by atoms with van der Waals surface area (Å²) in [5.74, 6) is 0. The summed E-state index contributed by atoms with van der Waals surface area (Å²) in [7, 11) is 0. The molecule has 2 rings (SSSR count). The Hall–Kier alpha value is -1.18. The third-order valence-electron chi connectivity index (χ3n) is 2.91. The summed E-state index contributed by atoms with van der Waals surface area (Å²) in [5, 5.41) is 0. The highest BCUT2D eigenvalue weighted by atomic mass is 15.2. The summed E-state index contributed by atoms with van der Waals surface area (Å²) in [4.78, 5) is 2.38. The van der Waals surface area contributed by atoms with Crippen molar-refractivity contribution in [3.63, 3.8) is 0 Å². The fraction of sp³-hybridized carbons (Fsp3) is 0.455. The van der Waals surface area contributed by atoms with Crippen molar-refractivity contribution in [2.45, 2.75) is 26.3 Å². The molecule has 2 nitrogen and oxygen atoms in total. The van der Waals surface area contributed by atoms with Crippen LogP contribution in [0, 0.1) is 6.92 Å². The number of aryl methyl sites for hydroxylation is 1. The van der Waals surface area contributed by atoms with Gasteiger partial charge in [0.25, 0.3) is 0 Å². The van der Waals surface area contributed by atoms with Crippen molar-refractivity contribution in [1.82, 2.24) is 0 Å². The van der Waals surface area contributed by atoms with Gasteiger partial charge in [-0.2, -0.15) is 0 Å². The summed E-state index contributed by atoms with van der Waals surface area (Å²) in [5.41, 5.74) is 9.19. The number of anilines is 2. The molecule has 0 saturated carbocycles. The van der Waals surface area contributed by atoms with Gasteiger partial charge in [0, 0.05) is 24.0 Å². The maximum atomic E-state index is 5.86. The molecule has 1 aliphatic heterocycles. The molecule has 0 spiro atoms. The average molecular weight is 176 g/mol. The molecular formula is C11H16N2. The van der Waals surface area contributed by atoms with Crippen LogP contribution < -0.4 is 10.6 Å². The van der Waals surface area contributed by atoms with Crippen molar-refractivity contribution in [2.24, 2.45) is 0 Å². The highest BCUT2D eigenvalue weighted by molar-refractivity contribution is 5.61. The molecule has 1 aliphatic rings. The molecule has 13 heavy (non-hydrogen) atoms. The van der Waals surface area contributed by atoms with Gasteiger partial charge in [-0.05, 0) is 38.0 Å². The predicted octanol–water partition coefficient (Wildman–Crippen LogP) is 2.18. The molecule has 70 valence electrons. The standard InChI is InChI=1S/C11H16N2/c1-8-3-4-10(7-11(8)12)13-6-5-9(13)2/h3-4,7,9H,5-6,12H2,1-2H3. The van der Waals surface area contributed by atoms with E-state index in [-0.39, 0.29) is 0 Å². The van der Waals surface area contributed by atoms with Crippen molar-refractivity contribution < 1.29 is 0 Å². The largest absolute Gasteiger partial charge is 0.398 e. The second-order valence-corrected chi connectivity index (χ2v) is 3.87. The van der Waals surface area contributed by atoms with Gasteiger partial charge in [0.05, 0.1) is 0 Å². The lowest BCUT2D eigenvalue weighted by molar-refractivity contribution is 0.481. The van der Waals surface area contributed by atoms with Crippen molar-refractivity contribution in [3.05, 3.63) is 23.8 Å². The summed E-state index contributed by atoms with van der Waals surface area (Å²) in [6.45, 7) is 5.46. The topological polar surface area (TPSA) is 29.3 Å². The second kappa shape index (κ2) is 2.95. The Kier molecular flexibility index (Phi) is 1.91. The normalized spacial score (nSPS) is 21.4. The van der Waals surface area contributed by atoms with E-state index in [0.717, 1.165) is 11.3 Å². The number of nitrogens with two attached hydrogens (primary N) is 1. The summed E-state index contributed by atoms with van der Waals surface area (Å²) in [6.07, 6.45) is 1.30. The van der Waals surface area contributed by atoms with Crippen molar-refractivity contribution in [3.8, 4) is 0 Å². The van der Waals surface area contributed by atoms with Crippen molar-refractivity contribution in [2.75, 3.05) is 17.2 Å². The summed E-state index contributed by atoms with van der Waals surface area (Å²) in [6, 6.07) is 7.00. The molecule has 1 unspecified atom stereocenters. The zero-order valence-corrected chi connectivity index (χ0v) is 8.25. The zero-order chi connectivity index (χ0) is 9.42. The minimum Gasteiger partial charge on any atom is -0.398 e. The molecular weight excluding hydrogens is 160 g/mol. The van der Waals surface area contributed by atoms with Gasteiger partial charge in [-0.25, -0.2) is 0 Å². The van der Waals surface area contributed by atoms with Gasteiger partial charge in [-0.3, -0.25) is 0 Å². The fourth-order valence-electron chi connectivity index (χ4n) is 1.71. The van der Waals surface area contributed by atoms with Crippen LogP contribution in [0.5, 0.6) is 0 Å². The molecule has 1 saturated heterocycles. The first-order valence-electron chi connectivity index (χ1n) is 4.81. The lowest BCUT2D eigenvalue weighted by atomic mass is 10.0. The monoisotopic (exact) mass is 176 g/mol. The number of nitrogens with zero attached hydrogens (tertiary/aromatic N) is 1. The number of benzene rings is 1. The molecule has 1 atom stereocenters. The van der Waals surface area contributed by atoms with Crippen molar-refractivity contribution in [1.29, 1.82) is 0 Å². The van der Waals surface area contributed by atoms with E-state index in [2.05, 4.69) is 30.0 Å². The third-order valence-corrected chi connectivity index (χ3v) is 2.91. The number of hydrogen-bond donors (Lipinski definition) is 1. The van der Waals surface area contributed by atoms with Crippen LogP contribution in [0.3, 0.4) is 0 Å². The van der Waals surface area contributed by atoms with Gasteiger partial charge in [-0.1, -0.05) is 6.07 Å². The van der Waals surface area contributed by atoms with Crippen LogP contribution in [0.4, 0.5) is 11.4 Å². The van der Waals surface area contributed by atoms with Crippen LogP contribution >= 0.6 is 0 Å². The highest BCUT2D eigenvalue weighted by Crippen LogP contribution is 2.28. The maximum Gasteiger partial charge on any atom is 0.0389 e. The van der Waals surface area contributed by atoms with E-state index in [4.69, 9.17) is 5.73 Å². The van der Waals surface area contributed by atoms with E-state index in [9.17, 15) is 0 Å². The second-order valence-electron chi connectivity index (χ2n) is 3.87. The Balaban J connectivity index is 2.26. The molecule has 1 fully saturated rings. The van der Waals surface area contributed by atoms with Gasteiger partial charge in [-0.15, -0.1) is 0 Å². The van der Waals surface area contributed by atoms with E-state index in [1.165, 1.54) is 18.7 Å². The number of rotatable bonds is 1. The first-order valence-corrected chi connectivity index (χ1v) is 4.81. The lowest BCUT2D eigenvalue weighted by Crippen LogP contribution is -2.45. The molecule has 0 aromatic heterocycles. The lowest BCUT2D eigenvalue weighted by Gasteiger charge is -2.41. The van der Waals surface area contributed by atoms with Crippen LogP contribution in [-0.4, -0.2) is 12.6 Å². The average Bonchev–Trinajstić information content (AvgIpc) is 2.09. The maximum absolute atomic E-state index is 5.86. The molecule has 0 aliphatic carbocycles. The Bertz CT molecular complexity index is 320. The molecule has 1 aromatic rings. The minimum absolute atomic E-state index is 0.683. The van der Waals surface area contributed by atoms with Crippen molar-refractivity contribution >= 4 is 11.4 Å². The quantitative estimate of drug-likeness (QED) is 0.664. The molecule has 0 amide bonds. The van der Waals surface area contributed by atoms with E-state index >= 15 is 0 Å². The minimum atomic E-state index is 0.683. The summed E-state index contributed by atoms with van der Waals surface area (Å²) >= 11 is 0. The van der Waals surface area contributed by atoms with Crippen LogP contribution in [0.25, 0.3) is 0 Å². The van der Waals surface area contributed by atoms with Gasteiger partial charge in [0.15, 0.2) is 0 Å². The molecule has 0 radical (unpaired) electrons. The number of hydrogen-bond acceptors (Lipinski definition) is 2. The van der Waals surface area contributed by atoms with Crippen LogP contribution in [0.2, 0.25) is 0 Å². The van der Waals surface area contributed by atoms with E-state index in [1.54, 1.807) is 0 Å². The predicted molar refractivity (Wildman–Crippen MR) is 57.0 cm³/mol. The Morgan fingerprint density at radius 1 is 1.46 bits per heavy atom. The third kappa shape index (κ3) is 1.37. The van der Waals surface area contributed by atoms with Crippen LogP contribution in [0.15, 0.2) is 18.2 Å². The Morgan fingerprint density at radius 2 is 2.23 bits per heavy atom. The Labute approximate surface area is 79.4 Å². The van der Waals surface area contributed by atoms with Gasteiger partial charge in [0.1, 0.15) is 0 Å². The van der Waals surface area contributed by atoms with E-state index in [1.807, 2.05) is 6.92 Å². The first kappa shape index (κ1) is 8.42. The van der Waals surface area contributed by atoms with Crippen LogP contribution in [0.1, 0.15) is 18.9 Å². The number of nitrogen functional groups attached to an aromatic ring is 1. The summed E-state index contributed by atoms with van der Waals surface area (Å²) < 4.78 is 0. The highest BCUT2D eigenvalue weighted by Gasteiger charge is 2.23. The fourth-order valence-corrected chi connectivity index (χ4v) is 1.71.